The van der Waals surface area contributed by atoms with E-state index in [2.05, 4.69) is 12.2 Å². The summed E-state index contributed by atoms with van der Waals surface area (Å²) >= 11 is 0. The van der Waals surface area contributed by atoms with Crippen molar-refractivity contribution in [1.82, 2.24) is 5.23 Å². The van der Waals surface area contributed by atoms with Crippen LogP contribution in [0, 0.1) is 0 Å². The highest BCUT2D eigenvalue weighted by molar-refractivity contribution is 6.45. The van der Waals surface area contributed by atoms with Crippen LogP contribution in [0.15, 0.2) is 0 Å². The minimum absolute atomic E-state index is 0.346. The molecule has 0 saturated heterocycles. The molecule has 0 unspecified atom stereocenters. The zero-order valence-electron chi connectivity index (χ0n) is 5.65. The van der Waals surface area contributed by atoms with E-state index in [0.717, 1.165) is 13.0 Å². The molecule has 0 aromatic carbocycles. The number of hydrogen-bond acceptors (Lipinski definition) is 2. The maximum Gasteiger partial charge on any atom is 0.373 e. The van der Waals surface area contributed by atoms with Crippen molar-refractivity contribution in [2.24, 2.45) is 0 Å². The zero-order valence-corrected chi connectivity index (χ0v) is 5.65. The molecule has 0 radical (unpaired) electrons. The fourth-order valence-electron chi connectivity index (χ4n) is 0.488. The summed E-state index contributed by atoms with van der Waals surface area (Å²) in [6.07, 6.45) is 2.32. The molecular formula is C5H14BNO. The van der Waals surface area contributed by atoms with Crippen molar-refractivity contribution in [3.05, 3.63) is 0 Å². The van der Waals surface area contributed by atoms with Gasteiger partial charge in [0.15, 0.2) is 0 Å². The van der Waals surface area contributed by atoms with Gasteiger partial charge in [0.25, 0.3) is 0 Å². The van der Waals surface area contributed by atoms with Crippen LogP contribution >= 0.6 is 0 Å². The minimum Gasteiger partial charge on any atom is -0.437 e. The average Bonchev–Trinajstić information content (AvgIpc) is 1.66. The quantitative estimate of drug-likeness (QED) is 0.412. The van der Waals surface area contributed by atoms with E-state index in [4.69, 9.17) is 5.02 Å². The predicted molar refractivity (Wildman–Crippen MR) is 36.7 cm³/mol. The Bertz CT molecular complexity index is 49.7. The van der Waals surface area contributed by atoms with E-state index < -0.39 is 0 Å². The maximum absolute atomic E-state index is 8.67. The molecular weight excluding hydrogens is 101 g/mol. The highest BCUT2D eigenvalue weighted by atomic mass is 16.2. The van der Waals surface area contributed by atoms with E-state index in [1.165, 1.54) is 6.42 Å². The number of rotatable bonds is 4. The van der Waals surface area contributed by atoms with Gasteiger partial charge in [0, 0.05) is 0 Å². The van der Waals surface area contributed by atoms with Crippen LogP contribution in [-0.4, -0.2) is 18.6 Å². The summed E-state index contributed by atoms with van der Waals surface area (Å²) in [5.41, 5.74) is 0. The van der Waals surface area contributed by atoms with Gasteiger partial charge in [0.2, 0.25) is 0 Å². The van der Waals surface area contributed by atoms with Gasteiger partial charge in [-0.15, -0.1) is 0 Å². The third-order valence-electron chi connectivity index (χ3n) is 0.970. The van der Waals surface area contributed by atoms with Gasteiger partial charge in [0.1, 0.15) is 0 Å². The van der Waals surface area contributed by atoms with Gasteiger partial charge < -0.3 is 10.3 Å². The summed E-state index contributed by atoms with van der Waals surface area (Å²) in [5.74, 6) is 0. The molecule has 0 fully saturated rings. The summed E-state index contributed by atoms with van der Waals surface area (Å²) in [4.78, 5) is 0. The molecule has 0 amide bonds. The smallest absolute Gasteiger partial charge is 0.373 e. The van der Waals surface area contributed by atoms with E-state index in [-0.39, 0.29) is 7.05 Å². The van der Waals surface area contributed by atoms with Gasteiger partial charge in [-0.3, -0.25) is 0 Å². The molecule has 0 aliphatic heterocycles. The summed E-state index contributed by atoms with van der Waals surface area (Å²) in [6.45, 7) is 4.79. The monoisotopic (exact) mass is 115 g/mol. The maximum atomic E-state index is 8.67. The molecule has 0 spiro atoms. The van der Waals surface area contributed by atoms with Gasteiger partial charge in [-0.05, 0) is 19.8 Å². The number of hydrogen-bond donors (Lipinski definition) is 2. The molecule has 3 heteroatoms. The minimum atomic E-state index is -0.346. The van der Waals surface area contributed by atoms with Crippen LogP contribution in [0.3, 0.4) is 0 Å². The zero-order chi connectivity index (χ0) is 6.41. The Kier molecular flexibility index (Phi) is 5.12. The molecule has 0 heterocycles. The lowest BCUT2D eigenvalue weighted by molar-refractivity contribution is 0.550. The fourth-order valence-corrected chi connectivity index (χ4v) is 0.488. The molecule has 0 atom stereocenters. The Balaban J connectivity index is 2.72. The second-order valence-electron chi connectivity index (χ2n) is 1.98. The Morgan fingerprint density at radius 3 is 2.62 bits per heavy atom. The second-order valence-corrected chi connectivity index (χ2v) is 1.98. The van der Waals surface area contributed by atoms with Crippen LogP contribution in [-0.2, 0) is 0 Å². The molecule has 2 N–H and O–H groups in total. The van der Waals surface area contributed by atoms with Gasteiger partial charge in [-0.1, -0.05) is 13.3 Å². The molecule has 2 nitrogen and oxygen atoms in total. The number of unbranched alkanes of at least 4 members (excludes halogenated alkanes) is 1. The Hall–Kier alpha value is -0.0151. The molecule has 0 aromatic heterocycles. The van der Waals surface area contributed by atoms with E-state index >= 15 is 0 Å². The van der Waals surface area contributed by atoms with Crippen molar-refractivity contribution in [2.45, 2.75) is 26.6 Å². The first-order valence-corrected chi connectivity index (χ1v) is 3.18. The first kappa shape index (κ1) is 7.98. The van der Waals surface area contributed by atoms with E-state index in [1.807, 2.05) is 0 Å². The molecule has 48 valence electrons. The summed E-state index contributed by atoms with van der Waals surface area (Å²) in [7, 11) is -0.346. The first-order chi connectivity index (χ1) is 3.77. The van der Waals surface area contributed by atoms with Crippen molar-refractivity contribution in [2.75, 3.05) is 6.54 Å². The summed E-state index contributed by atoms with van der Waals surface area (Å²) < 4.78 is 0. The first-order valence-electron chi connectivity index (χ1n) is 3.18. The van der Waals surface area contributed by atoms with E-state index in [0.29, 0.717) is 0 Å². The topological polar surface area (TPSA) is 32.3 Å². The average molecular weight is 115 g/mol. The highest BCUT2D eigenvalue weighted by Gasteiger charge is 1.97. The molecule has 0 bridgehead atoms. The molecule has 0 rings (SSSR count). The van der Waals surface area contributed by atoms with Crippen molar-refractivity contribution in [3.63, 3.8) is 0 Å². The van der Waals surface area contributed by atoms with E-state index in [1.54, 1.807) is 6.82 Å². The van der Waals surface area contributed by atoms with Gasteiger partial charge in [-0.25, -0.2) is 0 Å². The van der Waals surface area contributed by atoms with Gasteiger partial charge in [-0.2, -0.15) is 0 Å². The SMILES string of the molecule is CCCCNB(C)O. The fraction of sp³-hybridized carbons (Fsp3) is 1.00. The molecule has 0 aliphatic rings. The van der Waals surface area contributed by atoms with Crippen molar-refractivity contribution in [1.29, 1.82) is 0 Å². The molecule has 8 heavy (non-hydrogen) atoms. The van der Waals surface area contributed by atoms with Gasteiger partial charge >= 0.3 is 7.05 Å². The van der Waals surface area contributed by atoms with Gasteiger partial charge in [0.05, 0.1) is 0 Å². The van der Waals surface area contributed by atoms with Crippen LogP contribution in [0.25, 0.3) is 0 Å². The lowest BCUT2D eigenvalue weighted by Crippen LogP contribution is -2.31. The Morgan fingerprint density at radius 2 is 2.25 bits per heavy atom. The summed E-state index contributed by atoms with van der Waals surface area (Å²) in [5, 5.41) is 11.6. The van der Waals surface area contributed by atoms with Crippen molar-refractivity contribution < 1.29 is 5.02 Å². The van der Waals surface area contributed by atoms with Crippen LogP contribution in [0.2, 0.25) is 6.82 Å². The van der Waals surface area contributed by atoms with Crippen LogP contribution in [0.1, 0.15) is 19.8 Å². The normalized spacial score (nSPS) is 9.38. The van der Waals surface area contributed by atoms with Crippen molar-refractivity contribution in [3.8, 4) is 0 Å². The second kappa shape index (κ2) is 5.13. The Labute approximate surface area is 51.4 Å². The largest absolute Gasteiger partial charge is 0.437 e. The standard InChI is InChI=1S/C5H14BNO/c1-3-4-5-7-6(2)8/h7-8H,3-5H2,1-2H3. The number of nitrogens with one attached hydrogen (secondary N) is 1. The lowest BCUT2D eigenvalue weighted by atomic mass is 9.89. The van der Waals surface area contributed by atoms with Crippen molar-refractivity contribution >= 4 is 7.05 Å². The molecule has 0 aromatic rings. The van der Waals surface area contributed by atoms with Crippen LogP contribution in [0.4, 0.5) is 0 Å². The summed E-state index contributed by atoms with van der Waals surface area (Å²) in [6, 6.07) is 0. The van der Waals surface area contributed by atoms with Crippen LogP contribution in [0.5, 0.6) is 0 Å². The van der Waals surface area contributed by atoms with Crippen LogP contribution < -0.4 is 5.23 Å². The Morgan fingerprint density at radius 1 is 1.62 bits per heavy atom. The highest BCUT2D eigenvalue weighted by Crippen LogP contribution is 1.81. The lowest BCUT2D eigenvalue weighted by Gasteiger charge is -2.00. The molecule has 0 aliphatic carbocycles. The third-order valence-corrected chi connectivity index (χ3v) is 0.970. The predicted octanol–water partition coefficient (Wildman–Crippen LogP) is 0.486. The molecule has 0 saturated carbocycles. The van der Waals surface area contributed by atoms with E-state index in [9.17, 15) is 0 Å². The third kappa shape index (κ3) is 5.98.